The average molecular weight is 277 g/mol. The Morgan fingerprint density at radius 3 is 2.85 bits per heavy atom. The van der Waals surface area contributed by atoms with Gasteiger partial charge in [0.25, 0.3) is 5.91 Å². The standard InChI is InChI=1S/C14H16FN3O2/c15-11-8-16-6-5-10(11)14(20)18-7-1-2-12(18)13(19)17-9-3-4-9/h5-6,8-9,12H,1-4,7H2,(H,17,19). The summed E-state index contributed by atoms with van der Waals surface area (Å²) in [6.45, 7) is 0.489. The molecule has 6 heteroatoms. The van der Waals surface area contributed by atoms with Gasteiger partial charge in [0.2, 0.25) is 5.91 Å². The number of carbonyl (C=O) groups is 2. The molecule has 106 valence electrons. The van der Waals surface area contributed by atoms with Crippen LogP contribution in [0, 0.1) is 5.82 Å². The van der Waals surface area contributed by atoms with Crippen LogP contribution in [0.4, 0.5) is 4.39 Å². The number of nitrogens with one attached hydrogen (secondary N) is 1. The first-order chi connectivity index (χ1) is 9.66. The Hall–Kier alpha value is -1.98. The van der Waals surface area contributed by atoms with Gasteiger partial charge in [-0.15, -0.1) is 0 Å². The Labute approximate surface area is 116 Å². The summed E-state index contributed by atoms with van der Waals surface area (Å²) in [5.74, 6) is -1.20. The largest absolute Gasteiger partial charge is 0.352 e. The molecule has 0 radical (unpaired) electrons. The van der Waals surface area contributed by atoms with Crippen molar-refractivity contribution in [3.05, 3.63) is 29.8 Å². The molecule has 1 unspecified atom stereocenters. The van der Waals surface area contributed by atoms with Crippen molar-refractivity contribution in [3.63, 3.8) is 0 Å². The van der Waals surface area contributed by atoms with E-state index in [4.69, 9.17) is 0 Å². The maximum atomic E-state index is 13.6. The van der Waals surface area contributed by atoms with Crippen LogP contribution in [-0.2, 0) is 4.79 Å². The van der Waals surface area contributed by atoms with Crippen LogP contribution < -0.4 is 5.32 Å². The monoisotopic (exact) mass is 277 g/mol. The van der Waals surface area contributed by atoms with Gasteiger partial charge in [0.1, 0.15) is 6.04 Å². The van der Waals surface area contributed by atoms with E-state index < -0.39 is 17.8 Å². The summed E-state index contributed by atoms with van der Waals surface area (Å²) >= 11 is 0. The van der Waals surface area contributed by atoms with Gasteiger partial charge < -0.3 is 10.2 Å². The van der Waals surface area contributed by atoms with E-state index in [1.54, 1.807) is 0 Å². The maximum Gasteiger partial charge on any atom is 0.257 e. The Balaban J connectivity index is 1.76. The Morgan fingerprint density at radius 2 is 2.15 bits per heavy atom. The molecule has 2 aliphatic rings. The third-order valence-electron chi connectivity index (χ3n) is 3.74. The van der Waals surface area contributed by atoms with Gasteiger partial charge in [0.15, 0.2) is 5.82 Å². The number of carbonyl (C=O) groups excluding carboxylic acids is 2. The van der Waals surface area contributed by atoms with E-state index >= 15 is 0 Å². The first-order valence-electron chi connectivity index (χ1n) is 6.87. The van der Waals surface area contributed by atoms with Gasteiger partial charge in [-0.1, -0.05) is 0 Å². The van der Waals surface area contributed by atoms with Gasteiger partial charge in [0, 0.05) is 18.8 Å². The summed E-state index contributed by atoms with van der Waals surface area (Å²) in [5.41, 5.74) is -0.0221. The van der Waals surface area contributed by atoms with Crippen LogP contribution in [0.3, 0.4) is 0 Å². The van der Waals surface area contributed by atoms with Crippen LogP contribution in [0.15, 0.2) is 18.5 Å². The molecule has 0 spiro atoms. The molecule has 1 aromatic rings. The number of amides is 2. The van der Waals surface area contributed by atoms with Gasteiger partial charge in [-0.2, -0.15) is 0 Å². The third-order valence-corrected chi connectivity index (χ3v) is 3.74. The van der Waals surface area contributed by atoms with Crippen molar-refractivity contribution in [1.82, 2.24) is 15.2 Å². The number of nitrogens with zero attached hydrogens (tertiary/aromatic N) is 2. The Bertz CT molecular complexity index is 545. The van der Waals surface area contributed by atoms with E-state index in [-0.39, 0.29) is 17.5 Å². The number of pyridine rings is 1. The molecular weight excluding hydrogens is 261 g/mol. The number of hydrogen-bond donors (Lipinski definition) is 1. The molecule has 2 heterocycles. The minimum Gasteiger partial charge on any atom is -0.352 e. The lowest BCUT2D eigenvalue weighted by Gasteiger charge is -2.24. The van der Waals surface area contributed by atoms with Crippen LogP contribution in [0.5, 0.6) is 0 Å². The first kappa shape index (κ1) is 13.0. The summed E-state index contributed by atoms with van der Waals surface area (Å²) in [7, 11) is 0. The van der Waals surface area contributed by atoms with E-state index in [0.717, 1.165) is 25.5 Å². The van der Waals surface area contributed by atoms with Gasteiger partial charge in [0.05, 0.1) is 11.8 Å². The summed E-state index contributed by atoms with van der Waals surface area (Å²) in [4.78, 5) is 29.6. The van der Waals surface area contributed by atoms with E-state index in [9.17, 15) is 14.0 Å². The molecule has 1 aliphatic heterocycles. The Morgan fingerprint density at radius 1 is 1.35 bits per heavy atom. The van der Waals surface area contributed by atoms with Crippen molar-refractivity contribution >= 4 is 11.8 Å². The number of rotatable bonds is 3. The van der Waals surface area contributed by atoms with Crippen molar-refractivity contribution in [2.45, 2.75) is 37.8 Å². The predicted octanol–water partition coefficient (Wildman–Crippen LogP) is 1.10. The lowest BCUT2D eigenvalue weighted by atomic mass is 10.1. The summed E-state index contributed by atoms with van der Waals surface area (Å²) in [5, 5.41) is 2.91. The van der Waals surface area contributed by atoms with Crippen LogP contribution in [0.25, 0.3) is 0 Å². The molecule has 1 saturated carbocycles. The van der Waals surface area contributed by atoms with E-state index in [1.165, 1.54) is 17.2 Å². The first-order valence-corrected chi connectivity index (χ1v) is 6.87. The second-order valence-corrected chi connectivity index (χ2v) is 5.29. The van der Waals surface area contributed by atoms with Gasteiger partial charge in [-0.25, -0.2) is 4.39 Å². The van der Waals surface area contributed by atoms with Crippen molar-refractivity contribution in [2.24, 2.45) is 0 Å². The maximum absolute atomic E-state index is 13.6. The molecule has 2 amide bonds. The third kappa shape index (κ3) is 2.50. The molecule has 2 fully saturated rings. The zero-order valence-corrected chi connectivity index (χ0v) is 11.0. The number of halogens is 1. The number of likely N-dealkylation sites (tertiary alicyclic amines) is 1. The van der Waals surface area contributed by atoms with Crippen LogP contribution in [-0.4, -0.2) is 40.3 Å². The molecule has 1 aliphatic carbocycles. The van der Waals surface area contributed by atoms with E-state index in [0.29, 0.717) is 13.0 Å². The molecule has 20 heavy (non-hydrogen) atoms. The molecule has 5 nitrogen and oxygen atoms in total. The zero-order valence-electron chi connectivity index (χ0n) is 11.0. The van der Waals surface area contributed by atoms with Gasteiger partial charge in [-0.05, 0) is 31.7 Å². The second kappa shape index (κ2) is 5.19. The van der Waals surface area contributed by atoms with Gasteiger partial charge in [-0.3, -0.25) is 14.6 Å². The molecule has 1 N–H and O–H groups in total. The molecule has 1 aromatic heterocycles. The van der Waals surface area contributed by atoms with Crippen LogP contribution in [0.1, 0.15) is 36.0 Å². The fourth-order valence-electron chi connectivity index (χ4n) is 2.51. The summed E-state index contributed by atoms with van der Waals surface area (Å²) in [6, 6.07) is 1.14. The summed E-state index contributed by atoms with van der Waals surface area (Å²) < 4.78 is 13.6. The van der Waals surface area contributed by atoms with Crippen molar-refractivity contribution < 1.29 is 14.0 Å². The summed E-state index contributed by atoms with van der Waals surface area (Å²) in [6.07, 6.45) is 5.81. The highest BCUT2D eigenvalue weighted by molar-refractivity contribution is 5.98. The predicted molar refractivity (Wildman–Crippen MR) is 69.4 cm³/mol. The van der Waals surface area contributed by atoms with Gasteiger partial charge >= 0.3 is 0 Å². The second-order valence-electron chi connectivity index (χ2n) is 5.29. The quantitative estimate of drug-likeness (QED) is 0.900. The number of aromatic nitrogens is 1. The normalized spacial score (nSPS) is 21.9. The van der Waals surface area contributed by atoms with Crippen molar-refractivity contribution in [3.8, 4) is 0 Å². The molecule has 0 aromatic carbocycles. The Kier molecular flexibility index (Phi) is 3.38. The molecular formula is C14H16FN3O2. The highest BCUT2D eigenvalue weighted by Crippen LogP contribution is 2.24. The minimum absolute atomic E-state index is 0.0221. The SMILES string of the molecule is O=C(NC1CC1)C1CCCN1C(=O)c1ccncc1F. The molecule has 0 bridgehead atoms. The molecule has 1 saturated heterocycles. The van der Waals surface area contributed by atoms with E-state index in [2.05, 4.69) is 10.3 Å². The average Bonchev–Trinajstić information content (AvgIpc) is 3.11. The fraction of sp³-hybridized carbons (Fsp3) is 0.500. The topological polar surface area (TPSA) is 62.3 Å². The van der Waals surface area contributed by atoms with Crippen molar-refractivity contribution in [1.29, 1.82) is 0 Å². The molecule has 1 atom stereocenters. The highest BCUT2D eigenvalue weighted by Gasteiger charge is 2.37. The number of hydrogen-bond acceptors (Lipinski definition) is 3. The lowest BCUT2D eigenvalue weighted by molar-refractivity contribution is -0.125. The van der Waals surface area contributed by atoms with E-state index in [1.807, 2.05) is 0 Å². The lowest BCUT2D eigenvalue weighted by Crippen LogP contribution is -2.46. The van der Waals surface area contributed by atoms with Crippen LogP contribution >= 0.6 is 0 Å². The highest BCUT2D eigenvalue weighted by atomic mass is 19.1. The zero-order chi connectivity index (χ0) is 14.1. The fourth-order valence-corrected chi connectivity index (χ4v) is 2.51. The van der Waals surface area contributed by atoms with Crippen LogP contribution in [0.2, 0.25) is 0 Å². The smallest absolute Gasteiger partial charge is 0.257 e. The molecule has 3 rings (SSSR count). The minimum atomic E-state index is -0.647. The van der Waals surface area contributed by atoms with Crippen molar-refractivity contribution in [2.75, 3.05) is 6.54 Å².